The Morgan fingerprint density at radius 2 is 1.87 bits per heavy atom. The molecule has 1 aliphatic heterocycles. The molecule has 1 saturated heterocycles. The number of pyridine rings is 1. The Kier molecular flexibility index (Phi) is 7.10. The van der Waals surface area contributed by atoms with Crippen molar-refractivity contribution >= 4 is 23.2 Å². The van der Waals surface area contributed by atoms with Gasteiger partial charge in [-0.05, 0) is 30.3 Å². The minimum Gasteiger partial charge on any atom is -0.382 e. The standard InChI is InChI=1S/C23H21ClF3N9O3/c24-15-3-1-14(2-4-15)21-32-35(22(39)34(21)10-18(37)23(25,26)27)11-19-30-13-36(31-19)17-9-28-6-5-16(17)33-8-7-29-20(38)12-33/h1-6,9,13,18,37H,7-8,10-12H2,(H,29,38). The lowest BCUT2D eigenvalue weighted by atomic mass is 10.2. The predicted molar refractivity (Wildman–Crippen MR) is 132 cm³/mol. The lowest BCUT2D eigenvalue weighted by molar-refractivity contribution is -0.207. The number of carbonyl (C=O) groups is 1. The highest BCUT2D eigenvalue weighted by Crippen LogP contribution is 2.25. The van der Waals surface area contributed by atoms with Crippen LogP contribution in [0.1, 0.15) is 5.82 Å². The molecule has 1 aliphatic rings. The number of rotatable bonds is 7. The van der Waals surface area contributed by atoms with Crippen molar-refractivity contribution in [1.82, 2.24) is 39.4 Å². The number of benzene rings is 1. The quantitative estimate of drug-likeness (QED) is 0.343. The summed E-state index contributed by atoms with van der Waals surface area (Å²) in [5.74, 6) is -0.0605. The number of piperazine rings is 1. The van der Waals surface area contributed by atoms with Gasteiger partial charge in [-0.25, -0.2) is 19.1 Å². The number of aliphatic hydroxyl groups is 1. The molecule has 0 saturated carbocycles. The molecule has 0 spiro atoms. The highest BCUT2D eigenvalue weighted by atomic mass is 35.5. The van der Waals surface area contributed by atoms with Gasteiger partial charge >= 0.3 is 11.9 Å². The molecule has 1 aromatic carbocycles. The maximum atomic E-state index is 13.1. The topological polar surface area (TPSA) is 136 Å². The molecule has 1 fully saturated rings. The van der Waals surface area contributed by atoms with E-state index in [1.807, 2.05) is 4.90 Å². The fourth-order valence-electron chi connectivity index (χ4n) is 4.08. The maximum absolute atomic E-state index is 13.1. The van der Waals surface area contributed by atoms with Crippen molar-refractivity contribution in [1.29, 1.82) is 0 Å². The minimum absolute atomic E-state index is 0.0858. The van der Waals surface area contributed by atoms with Crippen molar-refractivity contribution in [2.24, 2.45) is 0 Å². The molecule has 0 bridgehead atoms. The second kappa shape index (κ2) is 10.5. The van der Waals surface area contributed by atoms with Crippen LogP contribution in [0.4, 0.5) is 18.9 Å². The molecule has 16 heteroatoms. The van der Waals surface area contributed by atoms with Crippen molar-refractivity contribution in [2.75, 3.05) is 24.5 Å². The Bertz CT molecular complexity index is 1550. The van der Waals surface area contributed by atoms with Gasteiger partial charge in [-0.3, -0.25) is 14.3 Å². The monoisotopic (exact) mass is 563 g/mol. The number of anilines is 1. The minimum atomic E-state index is -4.93. The van der Waals surface area contributed by atoms with Gasteiger partial charge in [0.05, 0.1) is 25.0 Å². The van der Waals surface area contributed by atoms with Gasteiger partial charge in [0.2, 0.25) is 5.91 Å². The molecule has 39 heavy (non-hydrogen) atoms. The number of alkyl halides is 3. The third-order valence-electron chi connectivity index (χ3n) is 5.99. The van der Waals surface area contributed by atoms with E-state index in [-0.39, 0.29) is 30.6 Å². The highest BCUT2D eigenvalue weighted by Gasteiger charge is 2.39. The Balaban J connectivity index is 1.46. The van der Waals surface area contributed by atoms with Crippen LogP contribution in [0.2, 0.25) is 5.02 Å². The van der Waals surface area contributed by atoms with Crippen LogP contribution >= 0.6 is 11.6 Å². The molecule has 204 valence electrons. The summed E-state index contributed by atoms with van der Waals surface area (Å²) in [6, 6.07) is 7.76. The lowest BCUT2D eigenvalue weighted by Crippen LogP contribution is -2.48. The average molecular weight is 564 g/mol. The first-order valence-corrected chi connectivity index (χ1v) is 12.0. The lowest BCUT2D eigenvalue weighted by Gasteiger charge is -2.29. The van der Waals surface area contributed by atoms with Gasteiger partial charge in [0.1, 0.15) is 18.6 Å². The number of carbonyl (C=O) groups excluding carboxylic acids is 1. The summed E-state index contributed by atoms with van der Waals surface area (Å²) in [4.78, 5) is 35.2. The predicted octanol–water partition coefficient (Wildman–Crippen LogP) is 1.25. The summed E-state index contributed by atoms with van der Waals surface area (Å²) >= 11 is 5.92. The third kappa shape index (κ3) is 5.63. The van der Waals surface area contributed by atoms with Gasteiger partial charge in [-0.1, -0.05) is 11.6 Å². The van der Waals surface area contributed by atoms with Crippen molar-refractivity contribution in [2.45, 2.75) is 25.4 Å². The first kappa shape index (κ1) is 26.4. The van der Waals surface area contributed by atoms with Crippen LogP contribution < -0.4 is 15.9 Å². The molecule has 0 radical (unpaired) electrons. The van der Waals surface area contributed by atoms with Gasteiger partial charge in [0.15, 0.2) is 17.8 Å². The van der Waals surface area contributed by atoms with Crippen LogP contribution in [0, 0.1) is 0 Å². The van der Waals surface area contributed by atoms with E-state index in [1.54, 1.807) is 18.5 Å². The molecule has 12 nitrogen and oxygen atoms in total. The number of nitrogens with zero attached hydrogens (tertiary/aromatic N) is 8. The summed E-state index contributed by atoms with van der Waals surface area (Å²) in [6.45, 7) is -0.0985. The van der Waals surface area contributed by atoms with E-state index in [4.69, 9.17) is 11.6 Å². The van der Waals surface area contributed by atoms with Crippen LogP contribution in [-0.4, -0.2) is 77.0 Å². The largest absolute Gasteiger partial charge is 0.416 e. The number of hydrogen-bond donors (Lipinski definition) is 2. The molecule has 0 aliphatic carbocycles. The van der Waals surface area contributed by atoms with Gasteiger partial charge in [0.25, 0.3) is 0 Å². The maximum Gasteiger partial charge on any atom is 0.416 e. The first-order chi connectivity index (χ1) is 18.6. The zero-order valence-corrected chi connectivity index (χ0v) is 20.8. The van der Waals surface area contributed by atoms with E-state index >= 15 is 0 Å². The molecule has 1 unspecified atom stereocenters. The second-order valence-electron chi connectivity index (χ2n) is 8.68. The number of hydrogen-bond acceptors (Lipinski definition) is 8. The SMILES string of the molecule is O=C1CN(c2ccncc2-n2cnc(Cn3nc(-c4ccc(Cl)cc4)n(CC(O)C(F)(F)F)c3=O)n2)CCN1. The van der Waals surface area contributed by atoms with Gasteiger partial charge in [-0.2, -0.15) is 13.2 Å². The molecule has 2 N–H and O–H groups in total. The zero-order chi connectivity index (χ0) is 27.7. The van der Waals surface area contributed by atoms with E-state index in [9.17, 15) is 27.9 Å². The Morgan fingerprint density at radius 1 is 1.10 bits per heavy atom. The van der Waals surface area contributed by atoms with E-state index < -0.39 is 24.5 Å². The average Bonchev–Trinajstić information content (AvgIpc) is 3.49. The summed E-state index contributed by atoms with van der Waals surface area (Å²) in [6.07, 6.45) is -3.18. The van der Waals surface area contributed by atoms with Crippen molar-refractivity contribution in [3.8, 4) is 17.1 Å². The van der Waals surface area contributed by atoms with Gasteiger partial charge in [-0.15, -0.1) is 10.2 Å². The second-order valence-corrected chi connectivity index (χ2v) is 9.12. The van der Waals surface area contributed by atoms with Crippen molar-refractivity contribution in [3.63, 3.8) is 0 Å². The molecule has 3 aromatic heterocycles. The Labute approximate surface area is 223 Å². The van der Waals surface area contributed by atoms with Gasteiger partial charge in [0, 0.05) is 29.9 Å². The smallest absolute Gasteiger partial charge is 0.382 e. The van der Waals surface area contributed by atoms with Crippen LogP contribution in [0.25, 0.3) is 17.1 Å². The summed E-state index contributed by atoms with van der Waals surface area (Å²) in [5.41, 5.74) is 0.678. The molecular weight excluding hydrogens is 543 g/mol. The van der Waals surface area contributed by atoms with Crippen molar-refractivity contribution < 1.29 is 23.1 Å². The number of aromatic nitrogens is 7. The normalized spacial score (nSPS) is 14.9. The van der Waals surface area contributed by atoms with Crippen LogP contribution in [-0.2, 0) is 17.9 Å². The Morgan fingerprint density at radius 3 is 2.59 bits per heavy atom. The summed E-state index contributed by atoms with van der Waals surface area (Å²) < 4.78 is 42.4. The molecule has 5 rings (SSSR count). The fraction of sp³-hybridized carbons (Fsp3) is 0.304. The number of halogens is 4. The van der Waals surface area contributed by atoms with E-state index in [0.717, 1.165) is 9.25 Å². The molecule has 4 heterocycles. The van der Waals surface area contributed by atoms with Crippen LogP contribution in [0.5, 0.6) is 0 Å². The van der Waals surface area contributed by atoms with Crippen molar-refractivity contribution in [3.05, 3.63) is 70.4 Å². The molecule has 1 amide bonds. The molecule has 1 atom stereocenters. The van der Waals surface area contributed by atoms with E-state index in [2.05, 4.69) is 25.5 Å². The number of aliphatic hydroxyl groups excluding tert-OH is 1. The van der Waals surface area contributed by atoms with Gasteiger partial charge < -0.3 is 15.3 Å². The third-order valence-corrected chi connectivity index (χ3v) is 6.24. The van der Waals surface area contributed by atoms with E-state index in [0.29, 0.717) is 35.1 Å². The summed E-state index contributed by atoms with van der Waals surface area (Å²) in [5, 5.41) is 21.4. The number of nitrogens with one attached hydrogen (secondary N) is 1. The zero-order valence-electron chi connectivity index (χ0n) is 20.1. The molecular formula is C23H21ClF3N9O3. The molecule has 4 aromatic rings. The van der Waals surface area contributed by atoms with Crippen LogP contribution in [0.3, 0.4) is 0 Å². The summed E-state index contributed by atoms with van der Waals surface area (Å²) in [7, 11) is 0. The number of amides is 1. The highest BCUT2D eigenvalue weighted by molar-refractivity contribution is 6.30. The van der Waals surface area contributed by atoms with E-state index in [1.165, 1.54) is 35.3 Å². The Hall–Kier alpha value is -4.24. The van der Waals surface area contributed by atoms with Crippen LogP contribution in [0.15, 0.2) is 53.8 Å². The first-order valence-electron chi connectivity index (χ1n) is 11.6. The fourth-order valence-corrected chi connectivity index (χ4v) is 4.21.